The SMILES string of the molecule is Cc1ccc2c(c1)C(NC1CC3CCC1C3)CC2. The maximum atomic E-state index is 3.99. The highest BCUT2D eigenvalue weighted by atomic mass is 15.0. The number of benzene rings is 1. The third-order valence-electron chi connectivity index (χ3n) is 5.53. The van der Waals surface area contributed by atoms with Gasteiger partial charge in [-0.25, -0.2) is 0 Å². The first kappa shape index (κ1) is 11.0. The highest BCUT2D eigenvalue weighted by molar-refractivity contribution is 5.37. The van der Waals surface area contributed by atoms with E-state index in [-0.39, 0.29) is 0 Å². The van der Waals surface area contributed by atoms with Crippen molar-refractivity contribution in [1.82, 2.24) is 5.32 Å². The number of rotatable bonds is 2. The summed E-state index contributed by atoms with van der Waals surface area (Å²) < 4.78 is 0. The molecule has 2 bridgehead atoms. The van der Waals surface area contributed by atoms with Crippen LogP contribution in [-0.4, -0.2) is 6.04 Å². The molecule has 1 aromatic carbocycles. The molecule has 4 unspecified atom stereocenters. The first-order valence-corrected chi connectivity index (χ1v) is 7.65. The molecule has 0 radical (unpaired) electrons. The van der Waals surface area contributed by atoms with Crippen molar-refractivity contribution in [3.63, 3.8) is 0 Å². The molecule has 1 aromatic rings. The maximum Gasteiger partial charge on any atom is 0.0328 e. The van der Waals surface area contributed by atoms with Crippen LogP contribution in [0.4, 0.5) is 0 Å². The predicted octanol–water partition coefficient (Wildman–Crippen LogP) is 3.76. The van der Waals surface area contributed by atoms with Crippen molar-refractivity contribution in [1.29, 1.82) is 0 Å². The van der Waals surface area contributed by atoms with E-state index >= 15 is 0 Å². The van der Waals surface area contributed by atoms with Crippen LogP contribution in [0.25, 0.3) is 0 Å². The van der Waals surface area contributed by atoms with Gasteiger partial charge in [-0.05, 0) is 62.0 Å². The van der Waals surface area contributed by atoms with Crippen LogP contribution >= 0.6 is 0 Å². The van der Waals surface area contributed by atoms with Gasteiger partial charge in [0.15, 0.2) is 0 Å². The lowest BCUT2D eigenvalue weighted by Crippen LogP contribution is -2.36. The van der Waals surface area contributed by atoms with Crippen LogP contribution in [0.2, 0.25) is 0 Å². The summed E-state index contributed by atoms with van der Waals surface area (Å²) >= 11 is 0. The van der Waals surface area contributed by atoms with Gasteiger partial charge in [-0.1, -0.05) is 30.2 Å². The lowest BCUT2D eigenvalue weighted by atomic mass is 9.94. The summed E-state index contributed by atoms with van der Waals surface area (Å²) in [6.45, 7) is 2.22. The van der Waals surface area contributed by atoms with Crippen LogP contribution in [0.1, 0.15) is 54.8 Å². The number of hydrogen-bond acceptors (Lipinski definition) is 1. The van der Waals surface area contributed by atoms with Gasteiger partial charge in [0.1, 0.15) is 0 Å². The van der Waals surface area contributed by atoms with Gasteiger partial charge in [0.2, 0.25) is 0 Å². The van der Waals surface area contributed by atoms with Crippen molar-refractivity contribution in [2.24, 2.45) is 11.8 Å². The van der Waals surface area contributed by atoms with E-state index in [2.05, 4.69) is 30.4 Å². The van der Waals surface area contributed by atoms with Gasteiger partial charge in [-0.2, -0.15) is 0 Å². The highest BCUT2D eigenvalue weighted by Crippen LogP contribution is 2.46. The van der Waals surface area contributed by atoms with E-state index in [1.807, 2.05) is 0 Å². The van der Waals surface area contributed by atoms with Crippen LogP contribution in [-0.2, 0) is 6.42 Å². The zero-order chi connectivity index (χ0) is 12.1. The van der Waals surface area contributed by atoms with Gasteiger partial charge in [-0.15, -0.1) is 0 Å². The Morgan fingerprint density at radius 1 is 1.11 bits per heavy atom. The topological polar surface area (TPSA) is 12.0 Å². The molecule has 2 fully saturated rings. The van der Waals surface area contributed by atoms with Crippen LogP contribution in [0.5, 0.6) is 0 Å². The Morgan fingerprint density at radius 2 is 2.06 bits per heavy atom. The van der Waals surface area contributed by atoms with Gasteiger partial charge in [-0.3, -0.25) is 0 Å². The Balaban J connectivity index is 1.53. The first-order chi connectivity index (χ1) is 8.79. The fourth-order valence-corrected chi connectivity index (χ4v) is 4.60. The quantitative estimate of drug-likeness (QED) is 0.831. The molecule has 3 aliphatic rings. The third kappa shape index (κ3) is 1.72. The molecular weight excluding hydrogens is 218 g/mol. The molecule has 96 valence electrons. The van der Waals surface area contributed by atoms with Crippen molar-refractivity contribution >= 4 is 0 Å². The molecule has 0 spiro atoms. The van der Waals surface area contributed by atoms with E-state index in [9.17, 15) is 0 Å². The summed E-state index contributed by atoms with van der Waals surface area (Å²) in [7, 11) is 0. The van der Waals surface area contributed by atoms with Crippen molar-refractivity contribution in [2.45, 2.75) is 57.5 Å². The zero-order valence-electron chi connectivity index (χ0n) is 11.3. The second kappa shape index (κ2) is 4.09. The number of aryl methyl sites for hydroxylation is 2. The monoisotopic (exact) mass is 241 g/mol. The van der Waals surface area contributed by atoms with E-state index in [0.29, 0.717) is 6.04 Å². The fourth-order valence-electron chi connectivity index (χ4n) is 4.60. The van der Waals surface area contributed by atoms with E-state index in [1.165, 1.54) is 44.1 Å². The molecule has 1 heteroatoms. The molecule has 2 saturated carbocycles. The molecule has 4 atom stereocenters. The molecule has 18 heavy (non-hydrogen) atoms. The molecule has 4 rings (SSSR count). The van der Waals surface area contributed by atoms with Gasteiger partial charge in [0.25, 0.3) is 0 Å². The van der Waals surface area contributed by atoms with Crippen molar-refractivity contribution in [3.05, 3.63) is 34.9 Å². The summed E-state index contributed by atoms with van der Waals surface area (Å²) in [4.78, 5) is 0. The first-order valence-electron chi connectivity index (χ1n) is 7.65. The molecule has 0 aromatic heterocycles. The lowest BCUT2D eigenvalue weighted by Gasteiger charge is -2.27. The van der Waals surface area contributed by atoms with Crippen LogP contribution in [0.3, 0.4) is 0 Å². The Bertz CT molecular complexity index is 465. The van der Waals surface area contributed by atoms with Crippen molar-refractivity contribution in [3.8, 4) is 0 Å². The smallest absolute Gasteiger partial charge is 0.0328 e. The molecule has 0 aliphatic heterocycles. The van der Waals surface area contributed by atoms with Crippen LogP contribution < -0.4 is 5.32 Å². The third-order valence-corrected chi connectivity index (χ3v) is 5.53. The fraction of sp³-hybridized carbons (Fsp3) is 0.647. The molecule has 0 amide bonds. The molecular formula is C17H23N. The largest absolute Gasteiger partial charge is 0.307 e. The zero-order valence-corrected chi connectivity index (χ0v) is 11.3. The predicted molar refractivity (Wildman–Crippen MR) is 74.6 cm³/mol. The second-order valence-electron chi connectivity index (χ2n) is 6.74. The minimum atomic E-state index is 0.643. The van der Waals surface area contributed by atoms with Crippen molar-refractivity contribution in [2.75, 3.05) is 0 Å². The van der Waals surface area contributed by atoms with Crippen molar-refractivity contribution < 1.29 is 0 Å². The minimum Gasteiger partial charge on any atom is -0.307 e. The average Bonchev–Trinajstić information content (AvgIpc) is 3.05. The summed E-state index contributed by atoms with van der Waals surface area (Å²) in [6, 6.07) is 8.48. The maximum absolute atomic E-state index is 3.99. The molecule has 1 nitrogen and oxygen atoms in total. The van der Waals surface area contributed by atoms with E-state index in [4.69, 9.17) is 0 Å². The Hall–Kier alpha value is -0.820. The van der Waals surface area contributed by atoms with E-state index in [1.54, 1.807) is 11.1 Å². The average molecular weight is 241 g/mol. The summed E-state index contributed by atoms with van der Waals surface area (Å²) in [5, 5.41) is 3.99. The Labute approximate surface area is 110 Å². The summed E-state index contributed by atoms with van der Waals surface area (Å²) in [5.41, 5.74) is 4.59. The molecule has 0 saturated heterocycles. The van der Waals surface area contributed by atoms with E-state index in [0.717, 1.165) is 17.9 Å². The second-order valence-corrected chi connectivity index (χ2v) is 6.74. The minimum absolute atomic E-state index is 0.643. The van der Waals surface area contributed by atoms with E-state index < -0.39 is 0 Å². The summed E-state index contributed by atoms with van der Waals surface area (Å²) in [6.07, 6.45) is 8.52. The van der Waals surface area contributed by atoms with Crippen LogP contribution in [0.15, 0.2) is 18.2 Å². The van der Waals surface area contributed by atoms with Gasteiger partial charge < -0.3 is 5.32 Å². The number of fused-ring (bicyclic) bond motifs is 3. The van der Waals surface area contributed by atoms with Crippen LogP contribution in [0, 0.1) is 18.8 Å². The molecule has 3 aliphatic carbocycles. The Morgan fingerprint density at radius 3 is 2.83 bits per heavy atom. The summed E-state index contributed by atoms with van der Waals surface area (Å²) in [5.74, 6) is 2.04. The van der Waals surface area contributed by atoms with Gasteiger partial charge in [0, 0.05) is 12.1 Å². The number of nitrogens with one attached hydrogen (secondary N) is 1. The lowest BCUT2D eigenvalue weighted by molar-refractivity contribution is 0.318. The molecule has 1 N–H and O–H groups in total. The normalized spacial score (nSPS) is 37.2. The highest BCUT2D eigenvalue weighted by Gasteiger charge is 2.40. The molecule has 0 heterocycles. The van der Waals surface area contributed by atoms with Gasteiger partial charge >= 0.3 is 0 Å². The standard InChI is InChI=1S/C17H23N/c1-11-2-4-13-6-7-16(15(13)8-11)18-17-10-12-3-5-14(17)9-12/h2,4,8,12,14,16-18H,3,5-7,9-10H2,1H3. The number of hydrogen-bond donors (Lipinski definition) is 1. The van der Waals surface area contributed by atoms with Gasteiger partial charge in [0.05, 0.1) is 0 Å². The Kier molecular flexibility index (Phi) is 2.51.